The lowest BCUT2D eigenvalue weighted by Crippen LogP contribution is -2.34. The molecule has 3 nitrogen and oxygen atoms in total. The molecule has 0 heterocycles. The van der Waals surface area contributed by atoms with Crippen LogP contribution >= 0.6 is 0 Å². The third-order valence-electron chi connectivity index (χ3n) is 2.46. The van der Waals surface area contributed by atoms with Crippen molar-refractivity contribution < 1.29 is 12.8 Å². The molecule has 1 aromatic carbocycles. The van der Waals surface area contributed by atoms with E-state index in [1.165, 1.54) is 18.4 Å². The summed E-state index contributed by atoms with van der Waals surface area (Å²) in [5.74, 6) is -0.177. The zero-order valence-corrected chi connectivity index (χ0v) is 11.1. The molecule has 1 aromatic rings. The Morgan fingerprint density at radius 2 is 1.76 bits per heavy atom. The van der Waals surface area contributed by atoms with Crippen molar-refractivity contribution in [3.63, 3.8) is 0 Å². The predicted molar refractivity (Wildman–Crippen MR) is 67.1 cm³/mol. The van der Waals surface area contributed by atoms with Gasteiger partial charge < -0.3 is 5.32 Å². The number of sulfone groups is 1. The molecule has 0 saturated carbocycles. The largest absolute Gasteiger partial charge is 0.307 e. The fraction of sp³-hybridized carbons (Fsp3) is 0.500. The van der Waals surface area contributed by atoms with Gasteiger partial charge in [-0.05, 0) is 31.5 Å². The Morgan fingerprint density at radius 3 is 2.24 bits per heavy atom. The van der Waals surface area contributed by atoms with Gasteiger partial charge in [0.2, 0.25) is 0 Å². The summed E-state index contributed by atoms with van der Waals surface area (Å²) in [5.41, 5.74) is 0.937. The topological polar surface area (TPSA) is 46.2 Å². The maximum atomic E-state index is 12.7. The van der Waals surface area contributed by atoms with Crippen molar-refractivity contribution in [1.29, 1.82) is 0 Å². The molecule has 5 heteroatoms. The molecule has 17 heavy (non-hydrogen) atoms. The second kappa shape index (κ2) is 5.60. The normalized spacial score (nSPS) is 15.5. The van der Waals surface area contributed by atoms with Crippen molar-refractivity contribution >= 4 is 9.84 Å². The standard InChI is InChI=1S/C12H18FNO2S/c1-9(8-17(3,15)16)14-10(2)11-4-6-12(13)7-5-11/h4-7,9-10,14H,8H2,1-3H3/t9?,10-/m0/s1. The SMILES string of the molecule is CC(CS(C)(=O)=O)N[C@@H](C)c1ccc(F)cc1. The van der Waals surface area contributed by atoms with Crippen molar-refractivity contribution in [1.82, 2.24) is 5.32 Å². The molecule has 1 N–H and O–H groups in total. The van der Waals surface area contributed by atoms with Gasteiger partial charge in [0.15, 0.2) is 0 Å². The fourth-order valence-electron chi connectivity index (χ4n) is 1.78. The molecule has 0 bridgehead atoms. The maximum Gasteiger partial charge on any atom is 0.148 e. The molecule has 0 spiro atoms. The van der Waals surface area contributed by atoms with E-state index in [9.17, 15) is 12.8 Å². The molecule has 0 aliphatic rings. The van der Waals surface area contributed by atoms with Gasteiger partial charge in [0, 0.05) is 18.3 Å². The lowest BCUT2D eigenvalue weighted by atomic mass is 10.1. The van der Waals surface area contributed by atoms with E-state index in [0.29, 0.717) is 0 Å². The molecular weight excluding hydrogens is 241 g/mol. The van der Waals surface area contributed by atoms with E-state index in [-0.39, 0.29) is 23.7 Å². The van der Waals surface area contributed by atoms with E-state index in [1.807, 2.05) is 13.8 Å². The van der Waals surface area contributed by atoms with Gasteiger partial charge >= 0.3 is 0 Å². The minimum Gasteiger partial charge on any atom is -0.307 e. The van der Waals surface area contributed by atoms with Crippen LogP contribution in [0.4, 0.5) is 4.39 Å². The maximum absolute atomic E-state index is 12.7. The van der Waals surface area contributed by atoms with Gasteiger partial charge in [-0.15, -0.1) is 0 Å². The molecule has 0 fully saturated rings. The van der Waals surface area contributed by atoms with Crippen molar-refractivity contribution in [3.05, 3.63) is 35.6 Å². The Bertz CT molecular complexity index is 456. The van der Waals surface area contributed by atoms with E-state index in [2.05, 4.69) is 5.32 Å². The molecule has 0 aliphatic heterocycles. The monoisotopic (exact) mass is 259 g/mol. The smallest absolute Gasteiger partial charge is 0.148 e. The number of rotatable bonds is 5. The van der Waals surface area contributed by atoms with Crippen molar-refractivity contribution in [3.8, 4) is 0 Å². The highest BCUT2D eigenvalue weighted by molar-refractivity contribution is 7.90. The average Bonchev–Trinajstić information content (AvgIpc) is 2.15. The van der Waals surface area contributed by atoms with Gasteiger partial charge in [0.05, 0.1) is 5.75 Å². The van der Waals surface area contributed by atoms with Gasteiger partial charge in [-0.25, -0.2) is 12.8 Å². The minimum atomic E-state index is -2.98. The van der Waals surface area contributed by atoms with Crippen molar-refractivity contribution in [2.45, 2.75) is 25.9 Å². The summed E-state index contributed by atoms with van der Waals surface area (Å²) >= 11 is 0. The minimum absolute atomic E-state index is 0.00708. The van der Waals surface area contributed by atoms with Gasteiger partial charge in [0.25, 0.3) is 0 Å². The third kappa shape index (κ3) is 5.28. The van der Waals surface area contributed by atoms with Crippen LogP contribution in [0.3, 0.4) is 0 Å². The third-order valence-corrected chi connectivity index (χ3v) is 3.56. The Labute approximate surface area is 102 Å². The Balaban J connectivity index is 2.60. The highest BCUT2D eigenvalue weighted by Gasteiger charge is 2.13. The molecule has 1 rings (SSSR count). The van der Waals surface area contributed by atoms with Crippen molar-refractivity contribution in [2.24, 2.45) is 0 Å². The van der Waals surface area contributed by atoms with Crippen LogP contribution < -0.4 is 5.32 Å². The predicted octanol–water partition coefficient (Wildman–Crippen LogP) is 1.91. The highest BCUT2D eigenvalue weighted by atomic mass is 32.2. The van der Waals surface area contributed by atoms with E-state index in [0.717, 1.165) is 5.56 Å². The molecule has 2 atom stereocenters. The lowest BCUT2D eigenvalue weighted by molar-refractivity contribution is 0.500. The second-order valence-electron chi connectivity index (χ2n) is 4.43. The summed E-state index contributed by atoms with van der Waals surface area (Å²) in [5, 5.41) is 3.17. The average molecular weight is 259 g/mol. The molecule has 1 unspecified atom stereocenters. The van der Waals surface area contributed by atoms with Crippen LogP contribution in [-0.2, 0) is 9.84 Å². The van der Waals surface area contributed by atoms with Crippen LogP contribution in [0.5, 0.6) is 0 Å². The van der Waals surface area contributed by atoms with Crippen LogP contribution in [-0.4, -0.2) is 26.5 Å². The van der Waals surface area contributed by atoms with Gasteiger partial charge in [-0.3, -0.25) is 0 Å². The van der Waals surface area contributed by atoms with Crippen LogP contribution in [0.1, 0.15) is 25.5 Å². The van der Waals surface area contributed by atoms with E-state index in [4.69, 9.17) is 0 Å². The Hall–Kier alpha value is -0.940. The summed E-state index contributed by atoms with van der Waals surface area (Å²) in [4.78, 5) is 0. The van der Waals surface area contributed by atoms with Crippen molar-refractivity contribution in [2.75, 3.05) is 12.0 Å². The molecule has 0 aromatic heterocycles. The Kier molecular flexibility index (Phi) is 4.65. The second-order valence-corrected chi connectivity index (χ2v) is 6.62. The van der Waals surface area contributed by atoms with Gasteiger partial charge in [-0.1, -0.05) is 12.1 Å². The molecule has 0 radical (unpaired) electrons. The zero-order chi connectivity index (χ0) is 13.1. The van der Waals surface area contributed by atoms with E-state index >= 15 is 0 Å². The zero-order valence-electron chi connectivity index (χ0n) is 10.3. The fourth-order valence-corrected chi connectivity index (χ4v) is 2.78. The van der Waals surface area contributed by atoms with Gasteiger partial charge in [0.1, 0.15) is 15.7 Å². The first-order valence-corrected chi connectivity index (χ1v) is 7.53. The first-order chi connectivity index (χ1) is 7.78. The van der Waals surface area contributed by atoms with Crippen LogP contribution in [0.25, 0.3) is 0 Å². The number of nitrogens with one attached hydrogen (secondary N) is 1. The first-order valence-electron chi connectivity index (χ1n) is 5.47. The molecular formula is C12H18FNO2S. The summed E-state index contributed by atoms with van der Waals surface area (Å²) in [6.45, 7) is 3.74. The van der Waals surface area contributed by atoms with Crippen LogP contribution in [0, 0.1) is 5.82 Å². The number of benzene rings is 1. The number of hydrogen-bond donors (Lipinski definition) is 1. The van der Waals surface area contributed by atoms with E-state index in [1.54, 1.807) is 12.1 Å². The molecule has 96 valence electrons. The van der Waals surface area contributed by atoms with Crippen LogP contribution in [0.2, 0.25) is 0 Å². The number of hydrogen-bond acceptors (Lipinski definition) is 3. The highest BCUT2D eigenvalue weighted by Crippen LogP contribution is 2.13. The summed E-state index contributed by atoms with van der Waals surface area (Å²) in [6.07, 6.45) is 1.22. The number of halogens is 1. The lowest BCUT2D eigenvalue weighted by Gasteiger charge is -2.19. The quantitative estimate of drug-likeness (QED) is 0.878. The van der Waals surface area contributed by atoms with Gasteiger partial charge in [-0.2, -0.15) is 0 Å². The van der Waals surface area contributed by atoms with Crippen LogP contribution in [0.15, 0.2) is 24.3 Å². The first kappa shape index (κ1) is 14.1. The summed E-state index contributed by atoms with van der Waals surface area (Å²) in [7, 11) is -2.98. The molecule has 0 amide bonds. The van der Waals surface area contributed by atoms with E-state index < -0.39 is 9.84 Å². The Morgan fingerprint density at radius 1 is 1.24 bits per heavy atom. The summed E-state index contributed by atoms with van der Waals surface area (Å²) in [6, 6.07) is 6.04. The summed E-state index contributed by atoms with van der Waals surface area (Å²) < 4.78 is 35.0. The molecule has 0 aliphatic carbocycles. The molecule has 0 saturated heterocycles.